The molecule has 0 amide bonds. The zero-order valence-electron chi connectivity index (χ0n) is 13.1. The summed E-state index contributed by atoms with van der Waals surface area (Å²) in [4.78, 5) is 19.3. The van der Waals surface area contributed by atoms with Crippen LogP contribution < -0.4 is 10.3 Å². The lowest BCUT2D eigenvalue weighted by Gasteiger charge is -2.07. The third kappa shape index (κ3) is 3.03. The summed E-state index contributed by atoms with van der Waals surface area (Å²) in [5.74, 6) is 0.920. The predicted octanol–water partition coefficient (Wildman–Crippen LogP) is 3.39. The van der Waals surface area contributed by atoms with Crippen molar-refractivity contribution in [3.8, 4) is 11.8 Å². The second-order valence-corrected chi connectivity index (χ2v) is 5.07. The number of H-pyrrole nitrogens is 1. The zero-order valence-corrected chi connectivity index (χ0v) is 13.1. The van der Waals surface area contributed by atoms with Crippen molar-refractivity contribution in [1.29, 1.82) is 5.26 Å². The molecule has 3 rings (SSSR count). The van der Waals surface area contributed by atoms with Crippen molar-refractivity contribution in [1.82, 2.24) is 9.97 Å². The molecule has 118 valence electrons. The Hall–Kier alpha value is -3.39. The van der Waals surface area contributed by atoms with E-state index in [4.69, 9.17) is 4.74 Å². The first kappa shape index (κ1) is 15.5. The normalized spacial score (nSPS) is 11.2. The fourth-order valence-corrected chi connectivity index (χ4v) is 2.41. The number of rotatable bonds is 4. The molecule has 1 N–H and O–H groups in total. The van der Waals surface area contributed by atoms with E-state index in [0.717, 1.165) is 5.56 Å². The first-order valence-electron chi connectivity index (χ1n) is 7.56. The van der Waals surface area contributed by atoms with Crippen LogP contribution in [0.5, 0.6) is 5.75 Å². The van der Waals surface area contributed by atoms with E-state index in [2.05, 4.69) is 16.0 Å². The van der Waals surface area contributed by atoms with Crippen LogP contribution in [0, 0.1) is 11.3 Å². The quantitative estimate of drug-likeness (QED) is 0.748. The summed E-state index contributed by atoms with van der Waals surface area (Å²) < 4.78 is 5.57. The standard InChI is InChI=1S/C19H15N3O2/c1-2-24-17-10-6-3-7-13(17)11-14(12-20)18-21-16-9-5-4-8-15(16)19(23)22-18/h3-11H,2H2,1H3,(H,21,22,23)/b14-11-. The maximum Gasteiger partial charge on any atom is 0.259 e. The molecule has 2 aromatic carbocycles. The Balaban J connectivity index is 2.13. The highest BCUT2D eigenvalue weighted by molar-refractivity contribution is 5.90. The van der Waals surface area contributed by atoms with Gasteiger partial charge in [-0.2, -0.15) is 5.26 Å². The van der Waals surface area contributed by atoms with Gasteiger partial charge in [0.2, 0.25) is 0 Å². The molecule has 24 heavy (non-hydrogen) atoms. The van der Waals surface area contributed by atoms with Gasteiger partial charge in [0.1, 0.15) is 11.8 Å². The number of benzene rings is 2. The lowest BCUT2D eigenvalue weighted by molar-refractivity contribution is 0.339. The molecule has 0 aliphatic carbocycles. The summed E-state index contributed by atoms with van der Waals surface area (Å²) >= 11 is 0. The van der Waals surface area contributed by atoms with Crippen LogP contribution in [0.2, 0.25) is 0 Å². The Morgan fingerprint density at radius 2 is 2.00 bits per heavy atom. The third-order valence-corrected chi connectivity index (χ3v) is 3.51. The van der Waals surface area contributed by atoms with Gasteiger partial charge in [-0.25, -0.2) is 4.98 Å². The molecule has 0 spiro atoms. The second-order valence-electron chi connectivity index (χ2n) is 5.07. The molecule has 0 radical (unpaired) electrons. The number of fused-ring (bicyclic) bond motifs is 1. The Morgan fingerprint density at radius 3 is 2.79 bits per heavy atom. The highest BCUT2D eigenvalue weighted by Crippen LogP contribution is 2.23. The van der Waals surface area contributed by atoms with Gasteiger partial charge in [-0.1, -0.05) is 30.3 Å². The number of aromatic nitrogens is 2. The maximum absolute atomic E-state index is 12.2. The molecule has 0 unspecified atom stereocenters. The van der Waals surface area contributed by atoms with Crippen LogP contribution in [0.4, 0.5) is 0 Å². The van der Waals surface area contributed by atoms with Crippen LogP contribution in [-0.4, -0.2) is 16.6 Å². The van der Waals surface area contributed by atoms with Crippen molar-refractivity contribution in [3.63, 3.8) is 0 Å². The van der Waals surface area contributed by atoms with Crippen LogP contribution in [0.1, 0.15) is 18.3 Å². The van der Waals surface area contributed by atoms with Gasteiger partial charge < -0.3 is 9.72 Å². The number of nitrogens with one attached hydrogen (secondary N) is 1. The Labute approximate surface area is 138 Å². The number of nitrogens with zero attached hydrogens (tertiary/aromatic N) is 2. The summed E-state index contributed by atoms with van der Waals surface area (Å²) in [7, 11) is 0. The third-order valence-electron chi connectivity index (χ3n) is 3.51. The number of para-hydroxylation sites is 2. The van der Waals surface area contributed by atoms with E-state index in [1.54, 1.807) is 30.3 Å². The maximum atomic E-state index is 12.2. The molecule has 0 saturated heterocycles. The fourth-order valence-electron chi connectivity index (χ4n) is 2.41. The zero-order chi connectivity index (χ0) is 16.9. The van der Waals surface area contributed by atoms with Crippen molar-refractivity contribution in [2.24, 2.45) is 0 Å². The van der Waals surface area contributed by atoms with Crippen LogP contribution in [0.3, 0.4) is 0 Å². The molecule has 0 fully saturated rings. The van der Waals surface area contributed by atoms with Gasteiger partial charge >= 0.3 is 0 Å². The number of aromatic amines is 1. The van der Waals surface area contributed by atoms with Gasteiger partial charge in [0.15, 0.2) is 5.82 Å². The predicted molar refractivity (Wildman–Crippen MR) is 93.5 cm³/mol. The van der Waals surface area contributed by atoms with Crippen molar-refractivity contribution in [3.05, 3.63) is 70.3 Å². The second kappa shape index (κ2) is 6.80. The summed E-state index contributed by atoms with van der Waals surface area (Å²) in [6, 6.07) is 16.5. The molecule has 5 heteroatoms. The topological polar surface area (TPSA) is 78.8 Å². The van der Waals surface area contributed by atoms with Crippen LogP contribution >= 0.6 is 0 Å². The number of hydrogen-bond donors (Lipinski definition) is 1. The molecule has 0 aliphatic heterocycles. The van der Waals surface area contributed by atoms with Crippen LogP contribution in [0.15, 0.2) is 53.3 Å². The van der Waals surface area contributed by atoms with E-state index in [9.17, 15) is 10.1 Å². The molecule has 0 aliphatic rings. The van der Waals surface area contributed by atoms with Gasteiger partial charge in [-0.05, 0) is 31.2 Å². The smallest absolute Gasteiger partial charge is 0.259 e. The van der Waals surface area contributed by atoms with Gasteiger partial charge in [0.05, 0.1) is 23.1 Å². The molecule has 0 bridgehead atoms. The Morgan fingerprint density at radius 1 is 1.25 bits per heavy atom. The molecule has 3 aromatic rings. The molecule has 0 atom stereocenters. The van der Waals surface area contributed by atoms with Crippen molar-refractivity contribution >= 4 is 22.6 Å². The van der Waals surface area contributed by atoms with Gasteiger partial charge in [-0.15, -0.1) is 0 Å². The van der Waals surface area contributed by atoms with Gasteiger partial charge in [0, 0.05) is 5.56 Å². The van der Waals surface area contributed by atoms with E-state index < -0.39 is 0 Å². The number of allylic oxidation sites excluding steroid dienone is 1. The van der Waals surface area contributed by atoms with E-state index in [1.807, 2.05) is 31.2 Å². The van der Waals surface area contributed by atoms with E-state index >= 15 is 0 Å². The van der Waals surface area contributed by atoms with Crippen LogP contribution in [0.25, 0.3) is 22.6 Å². The average molecular weight is 317 g/mol. The Kier molecular flexibility index (Phi) is 4.39. The molecule has 1 heterocycles. The lowest BCUT2D eigenvalue weighted by Crippen LogP contribution is -2.11. The van der Waals surface area contributed by atoms with E-state index in [0.29, 0.717) is 23.3 Å². The minimum Gasteiger partial charge on any atom is -0.493 e. The SMILES string of the molecule is CCOc1ccccc1/C=C(/C#N)c1nc2ccccc2c(=O)[nH]1. The number of hydrogen-bond acceptors (Lipinski definition) is 4. The van der Waals surface area contributed by atoms with Crippen molar-refractivity contribution in [2.45, 2.75) is 6.92 Å². The van der Waals surface area contributed by atoms with Crippen molar-refractivity contribution < 1.29 is 4.74 Å². The summed E-state index contributed by atoms with van der Waals surface area (Å²) in [5, 5.41) is 10.00. The monoisotopic (exact) mass is 317 g/mol. The van der Waals surface area contributed by atoms with Crippen molar-refractivity contribution in [2.75, 3.05) is 6.61 Å². The lowest BCUT2D eigenvalue weighted by atomic mass is 10.1. The fraction of sp³-hybridized carbons (Fsp3) is 0.105. The molecule has 5 nitrogen and oxygen atoms in total. The minimum atomic E-state index is -0.269. The van der Waals surface area contributed by atoms with Gasteiger partial charge in [0.25, 0.3) is 5.56 Å². The molecular weight excluding hydrogens is 302 g/mol. The summed E-state index contributed by atoms with van der Waals surface area (Å²) in [6.07, 6.45) is 1.66. The number of nitriles is 1. The van der Waals surface area contributed by atoms with Crippen LogP contribution in [-0.2, 0) is 0 Å². The largest absolute Gasteiger partial charge is 0.493 e. The highest BCUT2D eigenvalue weighted by atomic mass is 16.5. The average Bonchev–Trinajstić information content (AvgIpc) is 2.61. The highest BCUT2D eigenvalue weighted by Gasteiger charge is 2.09. The minimum absolute atomic E-state index is 0.243. The molecular formula is C19H15N3O2. The number of ether oxygens (including phenoxy) is 1. The Bertz CT molecular complexity index is 1010. The summed E-state index contributed by atoms with van der Waals surface area (Å²) in [6.45, 7) is 2.42. The van der Waals surface area contributed by atoms with Gasteiger partial charge in [-0.3, -0.25) is 4.79 Å². The first-order valence-corrected chi connectivity index (χ1v) is 7.56. The first-order chi connectivity index (χ1) is 11.7. The van der Waals surface area contributed by atoms with E-state index in [1.165, 1.54) is 0 Å². The van der Waals surface area contributed by atoms with E-state index in [-0.39, 0.29) is 17.0 Å². The molecule has 1 aromatic heterocycles. The summed E-state index contributed by atoms with van der Waals surface area (Å²) in [5.41, 5.74) is 1.31. The molecule has 0 saturated carbocycles.